The lowest BCUT2D eigenvalue weighted by molar-refractivity contribution is 0.549. The van der Waals surface area contributed by atoms with Crippen molar-refractivity contribution in [3.05, 3.63) is 69.4 Å². The van der Waals surface area contributed by atoms with Gasteiger partial charge in [-0.2, -0.15) is 0 Å². The highest BCUT2D eigenvalue weighted by Gasteiger charge is 2.30. The summed E-state index contributed by atoms with van der Waals surface area (Å²) >= 11 is 7.31. The highest BCUT2D eigenvalue weighted by atomic mass is 79.9. The van der Waals surface area contributed by atoms with Crippen LogP contribution in [0.15, 0.2) is 46.9 Å². The van der Waals surface area contributed by atoms with Gasteiger partial charge in [0.25, 0.3) is 0 Å². The van der Waals surface area contributed by atoms with Crippen LogP contribution < -0.4 is 0 Å². The van der Waals surface area contributed by atoms with Gasteiger partial charge in [-0.15, -0.1) is 0 Å². The minimum atomic E-state index is -0.167. The normalized spacial score (nSPS) is 21.4. The number of rotatable bonds is 2. The molecular formula is C16H13Br2F. The fourth-order valence-corrected chi connectivity index (χ4v) is 4.02. The van der Waals surface area contributed by atoms with Crippen molar-refractivity contribution in [2.24, 2.45) is 5.92 Å². The Bertz CT molecular complexity index is 609. The standard InChI is InChI=1S/C16H13Br2F/c17-15-6-5-13(19)9-11(15)8-12-7-10-3-1-2-4-14(10)16(12)18/h1-6,9,12,16H,7-8H2. The first-order valence-electron chi connectivity index (χ1n) is 6.31. The maximum absolute atomic E-state index is 13.3. The molecule has 0 bridgehead atoms. The second-order valence-corrected chi connectivity index (χ2v) is 6.85. The van der Waals surface area contributed by atoms with Gasteiger partial charge in [0, 0.05) is 9.30 Å². The van der Waals surface area contributed by atoms with Crippen LogP contribution >= 0.6 is 31.9 Å². The number of hydrogen-bond acceptors (Lipinski definition) is 0. The largest absolute Gasteiger partial charge is 0.207 e. The molecule has 0 nitrogen and oxygen atoms in total. The molecule has 0 N–H and O–H groups in total. The first-order valence-corrected chi connectivity index (χ1v) is 8.02. The van der Waals surface area contributed by atoms with Gasteiger partial charge < -0.3 is 0 Å². The number of halogens is 3. The van der Waals surface area contributed by atoms with E-state index in [1.807, 2.05) is 0 Å². The zero-order chi connectivity index (χ0) is 13.4. The molecule has 3 heteroatoms. The van der Waals surface area contributed by atoms with E-state index in [2.05, 4.69) is 56.1 Å². The quantitative estimate of drug-likeness (QED) is 0.605. The van der Waals surface area contributed by atoms with Crippen LogP contribution in [0.3, 0.4) is 0 Å². The van der Waals surface area contributed by atoms with Crippen molar-refractivity contribution in [2.75, 3.05) is 0 Å². The summed E-state index contributed by atoms with van der Waals surface area (Å²) < 4.78 is 14.3. The van der Waals surface area contributed by atoms with Crippen molar-refractivity contribution in [3.63, 3.8) is 0 Å². The van der Waals surface area contributed by atoms with Crippen molar-refractivity contribution >= 4 is 31.9 Å². The zero-order valence-corrected chi connectivity index (χ0v) is 13.4. The van der Waals surface area contributed by atoms with Crippen LogP contribution in [0.4, 0.5) is 4.39 Å². The molecule has 2 aromatic carbocycles. The SMILES string of the molecule is Fc1ccc(Br)c(CC2Cc3ccccc3C2Br)c1. The second kappa shape index (κ2) is 5.37. The molecule has 0 heterocycles. The van der Waals surface area contributed by atoms with Gasteiger partial charge in [-0.3, -0.25) is 0 Å². The molecule has 0 aromatic heterocycles. The molecule has 2 unspecified atom stereocenters. The highest BCUT2D eigenvalue weighted by molar-refractivity contribution is 9.10. The van der Waals surface area contributed by atoms with Crippen LogP contribution in [-0.4, -0.2) is 0 Å². The predicted molar refractivity (Wildman–Crippen MR) is 83.1 cm³/mol. The van der Waals surface area contributed by atoms with Gasteiger partial charge in [0.15, 0.2) is 0 Å². The number of benzene rings is 2. The second-order valence-electron chi connectivity index (χ2n) is 5.00. The molecule has 0 amide bonds. The van der Waals surface area contributed by atoms with Crippen LogP contribution in [0, 0.1) is 11.7 Å². The van der Waals surface area contributed by atoms with Crippen molar-refractivity contribution < 1.29 is 4.39 Å². The van der Waals surface area contributed by atoms with E-state index >= 15 is 0 Å². The van der Waals surface area contributed by atoms with Gasteiger partial charge in [0.1, 0.15) is 5.82 Å². The molecule has 2 aromatic rings. The molecule has 0 radical (unpaired) electrons. The lowest BCUT2D eigenvalue weighted by Crippen LogP contribution is -2.07. The van der Waals surface area contributed by atoms with Gasteiger partial charge in [-0.25, -0.2) is 4.39 Å². The van der Waals surface area contributed by atoms with Gasteiger partial charge >= 0.3 is 0 Å². The predicted octanol–water partition coefficient (Wildman–Crippen LogP) is 5.44. The van der Waals surface area contributed by atoms with Crippen LogP contribution in [0.25, 0.3) is 0 Å². The molecule has 2 atom stereocenters. The Morgan fingerprint density at radius 1 is 1.16 bits per heavy atom. The minimum Gasteiger partial charge on any atom is -0.207 e. The summed E-state index contributed by atoms with van der Waals surface area (Å²) in [6.45, 7) is 0. The molecule has 3 rings (SSSR count). The Balaban J connectivity index is 1.85. The number of fused-ring (bicyclic) bond motifs is 1. The Morgan fingerprint density at radius 2 is 1.95 bits per heavy atom. The minimum absolute atomic E-state index is 0.167. The molecule has 0 saturated heterocycles. The molecule has 0 saturated carbocycles. The molecule has 98 valence electrons. The Kier molecular flexibility index (Phi) is 3.77. The average molecular weight is 384 g/mol. The third-order valence-electron chi connectivity index (χ3n) is 3.74. The third-order valence-corrected chi connectivity index (χ3v) is 5.75. The van der Waals surface area contributed by atoms with E-state index in [0.717, 1.165) is 22.9 Å². The molecule has 1 aliphatic carbocycles. The third kappa shape index (κ3) is 2.63. The maximum Gasteiger partial charge on any atom is 0.123 e. The number of alkyl halides is 1. The van der Waals surface area contributed by atoms with Gasteiger partial charge in [0.2, 0.25) is 0 Å². The summed E-state index contributed by atoms with van der Waals surface area (Å²) in [4.78, 5) is 0.360. The Hall–Kier alpha value is -0.670. The molecule has 19 heavy (non-hydrogen) atoms. The van der Waals surface area contributed by atoms with E-state index in [-0.39, 0.29) is 5.82 Å². The van der Waals surface area contributed by atoms with Crippen LogP contribution in [-0.2, 0) is 12.8 Å². The van der Waals surface area contributed by atoms with Crippen LogP contribution in [0.2, 0.25) is 0 Å². The van der Waals surface area contributed by atoms with Crippen molar-refractivity contribution in [1.29, 1.82) is 0 Å². The lowest BCUT2D eigenvalue weighted by atomic mass is 9.96. The maximum atomic E-state index is 13.3. The summed E-state index contributed by atoms with van der Waals surface area (Å²) in [5.41, 5.74) is 3.82. The molecule has 0 aliphatic heterocycles. The van der Waals surface area contributed by atoms with Crippen LogP contribution in [0.1, 0.15) is 21.5 Å². The van der Waals surface area contributed by atoms with Crippen molar-refractivity contribution in [3.8, 4) is 0 Å². The zero-order valence-electron chi connectivity index (χ0n) is 10.2. The van der Waals surface area contributed by atoms with Crippen molar-refractivity contribution in [1.82, 2.24) is 0 Å². The van der Waals surface area contributed by atoms with E-state index in [1.54, 1.807) is 12.1 Å². The van der Waals surface area contributed by atoms with Gasteiger partial charge in [-0.05, 0) is 53.6 Å². The average Bonchev–Trinajstić information content (AvgIpc) is 2.72. The fraction of sp³-hybridized carbons (Fsp3) is 0.250. The van der Waals surface area contributed by atoms with Crippen LogP contribution in [0.5, 0.6) is 0 Å². The highest BCUT2D eigenvalue weighted by Crippen LogP contribution is 2.44. The van der Waals surface area contributed by atoms with E-state index in [1.165, 1.54) is 17.2 Å². The lowest BCUT2D eigenvalue weighted by Gasteiger charge is -2.15. The summed E-state index contributed by atoms with van der Waals surface area (Å²) in [6.07, 6.45) is 1.93. The fourth-order valence-electron chi connectivity index (χ4n) is 2.79. The van der Waals surface area contributed by atoms with E-state index in [9.17, 15) is 4.39 Å². The molecule has 1 aliphatic rings. The van der Waals surface area contributed by atoms with Gasteiger partial charge in [0.05, 0.1) is 0 Å². The summed E-state index contributed by atoms with van der Waals surface area (Å²) in [7, 11) is 0. The first-order chi connectivity index (χ1) is 9.15. The Morgan fingerprint density at radius 3 is 2.74 bits per heavy atom. The topological polar surface area (TPSA) is 0 Å². The molecular weight excluding hydrogens is 371 g/mol. The van der Waals surface area contributed by atoms with Crippen molar-refractivity contribution in [2.45, 2.75) is 17.7 Å². The Labute approximate surface area is 129 Å². The molecule has 0 spiro atoms. The molecule has 0 fully saturated rings. The van der Waals surface area contributed by atoms with E-state index in [0.29, 0.717) is 10.7 Å². The van der Waals surface area contributed by atoms with Gasteiger partial charge in [-0.1, -0.05) is 56.1 Å². The summed E-state index contributed by atoms with van der Waals surface area (Å²) in [5.74, 6) is 0.315. The van der Waals surface area contributed by atoms with E-state index in [4.69, 9.17) is 0 Å². The summed E-state index contributed by atoms with van der Waals surface area (Å²) in [6, 6.07) is 13.4. The number of hydrogen-bond donors (Lipinski definition) is 0. The monoisotopic (exact) mass is 382 g/mol. The first kappa shape index (κ1) is 13.3. The van der Waals surface area contributed by atoms with E-state index < -0.39 is 0 Å². The smallest absolute Gasteiger partial charge is 0.123 e. The summed E-state index contributed by atoms with van der Waals surface area (Å²) in [5, 5.41) is 0.